The van der Waals surface area contributed by atoms with Crippen LogP contribution in [0.25, 0.3) is 0 Å². The highest BCUT2D eigenvalue weighted by atomic mass is 32.2. The van der Waals surface area contributed by atoms with E-state index in [2.05, 4.69) is 4.99 Å². The third-order valence-electron chi connectivity index (χ3n) is 3.32. The van der Waals surface area contributed by atoms with E-state index in [-0.39, 0.29) is 4.90 Å². The van der Waals surface area contributed by atoms with Gasteiger partial charge in [-0.1, -0.05) is 12.1 Å². The fourth-order valence-corrected chi connectivity index (χ4v) is 2.50. The zero-order valence-corrected chi connectivity index (χ0v) is 13.1. The quantitative estimate of drug-likeness (QED) is 0.700. The first-order valence-corrected chi connectivity index (χ1v) is 8.38. The molecule has 0 aromatic heterocycles. The molecule has 0 heterocycles. The van der Waals surface area contributed by atoms with Gasteiger partial charge in [0.2, 0.25) is 0 Å². The maximum atomic E-state index is 11.4. The van der Waals surface area contributed by atoms with Gasteiger partial charge in [-0.15, -0.1) is 0 Å². The zero-order valence-electron chi connectivity index (χ0n) is 12.3. The first-order valence-electron chi connectivity index (χ1n) is 6.49. The Kier molecular flexibility index (Phi) is 4.14. The van der Waals surface area contributed by atoms with Crippen LogP contribution < -0.4 is 5.73 Å². The van der Waals surface area contributed by atoms with Crippen molar-refractivity contribution in [2.24, 2.45) is 10.7 Å². The second-order valence-electron chi connectivity index (χ2n) is 5.06. The second-order valence-corrected chi connectivity index (χ2v) is 7.08. The monoisotopic (exact) mass is 302 g/mol. The van der Waals surface area contributed by atoms with Crippen molar-refractivity contribution in [3.63, 3.8) is 0 Å². The SMILES string of the molecule is Cc1ccc(C(N)=Nc2ccc(S(C)(=O)=O)cc2)cc1C. The summed E-state index contributed by atoms with van der Waals surface area (Å²) in [7, 11) is -3.19. The number of aliphatic imine (C=N–C) groups is 1. The van der Waals surface area contributed by atoms with Crippen LogP contribution in [0.3, 0.4) is 0 Å². The van der Waals surface area contributed by atoms with Crippen molar-refractivity contribution >= 4 is 21.4 Å². The van der Waals surface area contributed by atoms with Gasteiger partial charge in [0.05, 0.1) is 10.6 Å². The van der Waals surface area contributed by atoms with Crippen molar-refractivity contribution < 1.29 is 8.42 Å². The minimum Gasteiger partial charge on any atom is -0.383 e. The highest BCUT2D eigenvalue weighted by Crippen LogP contribution is 2.18. The van der Waals surface area contributed by atoms with Crippen molar-refractivity contribution in [2.45, 2.75) is 18.7 Å². The van der Waals surface area contributed by atoms with Gasteiger partial charge in [-0.05, 0) is 55.3 Å². The Morgan fingerprint density at radius 2 is 1.62 bits per heavy atom. The first kappa shape index (κ1) is 15.3. The lowest BCUT2D eigenvalue weighted by molar-refractivity contribution is 0.602. The van der Waals surface area contributed by atoms with Crippen molar-refractivity contribution in [3.05, 3.63) is 59.2 Å². The smallest absolute Gasteiger partial charge is 0.175 e. The molecule has 0 saturated heterocycles. The molecule has 0 aliphatic rings. The van der Waals surface area contributed by atoms with Gasteiger partial charge >= 0.3 is 0 Å². The van der Waals surface area contributed by atoms with Crippen LogP contribution in [0.2, 0.25) is 0 Å². The molecule has 2 aromatic rings. The van der Waals surface area contributed by atoms with Gasteiger partial charge in [0.1, 0.15) is 5.84 Å². The standard InChI is InChI=1S/C16H18N2O2S/c1-11-4-5-13(10-12(11)2)16(17)18-14-6-8-15(9-7-14)21(3,19)20/h4-10H,1-3H3,(H2,17,18). The topological polar surface area (TPSA) is 72.5 Å². The first-order chi connectivity index (χ1) is 9.77. The summed E-state index contributed by atoms with van der Waals surface area (Å²) in [4.78, 5) is 4.59. The molecule has 0 aliphatic carbocycles. The van der Waals surface area contributed by atoms with E-state index in [9.17, 15) is 8.42 Å². The van der Waals surface area contributed by atoms with Crippen molar-refractivity contribution in [1.29, 1.82) is 0 Å². The van der Waals surface area contributed by atoms with Crippen molar-refractivity contribution in [1.82, 2.24) is 0 Å². The van der Waals surface area contributed by atoms with Gasteiger partial charge in [0, 0.05) is 11.8 Å². The number of hydrogen-bond acceptors (Lipinski definition) is 3. The van der Waals surface area contributed by atoms with Gasteiger partial charge in [0.25, 0.3) is 0 Å². The minimum atomic E-state index is -3.19. The van der Waals surface area contributed by atoms with Crippen molar-refractivity contribution in [3.8, 4) is 0 Å². The Hall–Kier alpha value is -2.14. The number of sulfone groups is 1. The molecular formula is C16H18N2O2S. The van der Waals surface area contributed by atoms with Gasteiger partial charge < -0.3 is 5.73 Å². The van der Waals surface area contributed by atoms with E-state index in [0.29, 0.717) is 11.5 Å². The van der Waals surface area contributed by atoms with Crippen LogP contribution >= 0.6 is 0 Å². The van der Waals surface area contributed by atoms with Crippen LogP contribution in [0, 0.1) is 13.8 Å². The zero-order chi connectivity index (χ0) is 15.6. The number of hydrogen-bond donors (Lipinski definition) is 1. The fraction of sp³-hybridized carbons (Fsp3) is 0.188. The number of rotatable bonds is 3. The highest BCUT2D eigenvalue weighted by Gasteiger charge is 2.06. The average molecular weight is 302 g/mol. The molecule has 0 fully saturated rings. The second kappa shape index (κ2) is 5.69. The summed E-state index contributed by atoms with van der Waals surface area (Å²) in [6.45, 7) is 4.06. The highest BCUT2D eigenvalue weighted by molar-refractivity contribution is 7.90. The molecule has 2 rings (SSSR count). The number of nitrogens with two attached hydrogens (primary N) is 1. The van der Waals surface area contributed by atoms with E-state index in [1.165, 1.54) is 24.0 Å². The number of amidine groups is 1. The Bertz CT molecular complexity index is 792. The fourth-order valence-electron chi connectivity index (χ4n) is 1.87. The predicted molar refractivity (Wildman–Crippen MR) is 85.9 cm³/mol. The molecule has 0 radical (unpaired) electrons. The van der Waals surface area contributed by atoms with Gasteiger partial charge in [-0.3, -0.25) is 0 Å². The van der Waals surface area contributed by atoms with Crippen LogP contribution in [-0.4, -0.2) is 20.5 Å². The minimum absolute atomic E-state index is 0.270. The summed E-state index contributed by atoms with van der Waals surface area (Å²) < 4.78 is 22.8. The molecule has 110 valence electrons. The lowest BCUT2D eigenvalue weighted by Gasteiger charge is -2.05. The van der Waals surface area contributed by atoms with E-state index in [1.54, 1.807) is 12.1 Å². The van der Waals surface area contributed by atoms with E-state index in [0.717, 1.165) is 11.1 Å². The van der Waals surface area contributed by atoms with Crippen LogP contribution in [-0.2, 0) is 9.84 Å². The lowest BCUT2D eigenvalue weighted by Crippen LogP contribution is -2.13. The third-order valence-corrected chi connectivity index (χ3v) is 4.45. The third kappa shape index (κ3) is 3.70. The molecule has 4 nitrogen and oxygen atoms in total. The Balaban J connectivity index is 2.32. The summed E-state index contributed by atoms with van der Waals surface area (Å²) in [5, 5.41) is 0. The molecule has 0 unspecified atom stereocenters. The number of benzene rings is 2. The molecule has 0 aliphatic heterocycles. The molecule has 2 aromatic carbocycles. The van der Waals surface area contributed by atoms with Crippen LogP contribution in [0.15, 0.2) is 52.4 Å². The van der Waals surface area contributed by atoms with Crippen LogP contribution in [0.4, 0.5) is 5.69 Å². The molecule has 5 heteroatoms. The lowest BCUT2D eigenvalue weighted by atomic mass is 10.1. The molecule has 21 heavy (non-hydrogen) atoms. The molecule has 2 N–H and O–H groups in total. The van der Waals surface area contributed by atoms with Gasteiger partial charge in [-0.2, -0.15) is 0 Å². The molecule has 0 spiro atoms. The Morgan fingerprint density at radius 1 is 1.00 bits per heavy atom. The summed E-state index contributed by atoms with van der Waals surface area (Å²) in [6, 6.07) is 12.3. The Labute approximate surface area is 125 Å². The average Bonchev–Trinajstić information content (AvgIpc) is 2.41. The van der Waals surface area contributed by atoms with E-state index in [4.69, 9.17) is 5.73 Å². The summed E-state index contributed by atoms with van der Waals surface area (Å²) in [6.07, 6.45) is 1.18. The van der Waals surface area contributed by atoms with E-state index < -0.39 is 9.84 Å². The van der Waals surface area contributed by atoms with Crippen molar-refractivity contribution in [2.75, 3.05) is 6.26 Å². The Morgan fingerprint density at radius 3 is 2.14 bits per heavy atom. The maximum Gasteiger partial charge on any atom is 0.175 e. The van der Waals surface area contributed by atoms with E-state index in [1.807, 2.05) is 32.0 Å². The van der Waals surface area contributed by atoms with E-state index >= 15 is 0 Å². The van der Waals surface area contributed by atoms with Gasteiger partial charge in [0.15, 0.2) is 9.84 Å². The molecule has 0 bridgehead atoms. The molecular weight excluding hydrogens is 284 g/mol. The summed E-state index contributed by atoms with van der Waals surface area (Å²) in [5.74, 6) is 0.408. The largest absolute Gasteiger partial charge is 0.383 e. The predicted octanol–water partition coefficient (Wildman–Crippen LogP) is 2.74. The van der Waals surface area contributed by atoms with Crippen LogP contribution in [0.1, 0.15) is 16.7 Å². The van der Waals surface area contributed by atoms with Crippen LogP contribution in [0.5, 0.6) is 0 Å². The summed E-state index contributed by atoms with van der Waals surface area (Å²) >= 11 is 0. The number of nitrogens with zero attached hydrogens (tertiary/aromatic N) is 1. The molecule has 0 atom stereocenters. The normalized spacial score (nSPS) is 12.4. The maximum absolute atomic E-state index is 11.4. The summed E-state index contributed by atoms with van der Waals surface area (Å²) in [5.41, 5.74) is 9.83. The molecule has 0 saturated carbocycles. The molecule has 0 amide bonds. The van der Waals surface area contributed by atoms with Gasteiger partial charge in [-0.25, -0.2) is 13.4 Å². The number of aryl methyl sites for hydroxylation is 2.